The molecule has 0 aliphatic rings. The molecule has 2 aromatic rings. The third-order valence-corrected chi connectivity index (χ3v) is 3.08. The zero-order valence-electron chi connectivity index (χ0n) is 12.2. The summed E-state index contributed by atoms with van der Waals surface area (Å²) < 4.78 is 5.59. The number of rotatable bonds is 5. The highest BCUT2D eigenvalue weighted by Gasteiger charge is 2.08. The third kappa shape index (κ3) is 4.03. The van der Waals surface area contributed by atoms with Crippen molar-refractivity contribution in [3.8, 4) is 5.75 Å². The lowest BCUT2D eigenvalue weighted by Gasteiger charge is -2.11. The Morgan fingerprint density at radius 1 is 1.24 bits per heavy atom. The molecule has 110 valence electrons. The summed E-state index contributed by atoms with van der Waals surface area (Å²) in [5.74, 6) is 0.993. The zero-order chi connectivity index (χ0) is 15.2. The molecule has 0 saturated heterocycles. The number of carbonyl (C=O) groups excluding carboxylic acids is 1. The summed E-state index contributed by atoms with van der Waals surface area (Å²) >= 11 is 0. The molecule has 1 aromatic heterocycles. The van der Waals surface area contributed by atoms with E-state index >= 15 is 0 Å². The molecule has 0 aliphatic carbocycles. The van der Waals surface area contributed by atoms with Gasteiger partial charge < -0.3 is 15.8 Å². The molecule has 0 atom stereocenters. The lowest BCUT2D eigenvalue weighted by molar-refractivity contribution is -0.118. The fourth-order valence-corrected chi connectivity index (χ4v) is 1.96. The summed E-state index contributed by atoms with van der Waals surface area (Å²) in [6, 6.07) is 9.41. The van der Waals surface area contributed by atoms with Gasteiger partial charge in [-0.15, -0.1) is 0 Å². The van der Waals surface area contributed by atoms with E-state index in [0.29, 0.717) is 12.4 Å². The van der Waals surface area contributed by atoms with E-state index in [9.17, 15) is 4.79 Å². The minimum atomic E-state index is -0.245. The van der Waals surface area contributed by atoms with E-state index in [4.69, 9.17) is 10.5 Å². The maximum atomic E-state index is 11.9. The van der Waals surface area contributed by atoms with Crippen molar-refractivity contribution in [2.45, 2.75) is 20.4 Å². The molecule has 1 heterocycles. The number of pyridine rings is 1. The van der Waals surface area contributed by atoms with Crippen LogP contribution in [0.1, 0.15) is 16.7 Å². The number of anilines is 1. The van der Waals surface area contributed by atoms with Crippen LogP contribution in [0.3, 0.4) is 0 Å². The predicted octanol–water partition coefficient (Wildman–Crippen LogP) is 2.17. The van der Waals surface area contributed by atoms with Crippen LogP contribution in [0.4, 0.5) is 5.82 Å². The molecule has 5 heteroatoms. The molecule has 0 unspecified atom stereocenters. The molecule has 3 N–H and O–H groups in total. The summed E-state index contributed by atoms with van der Waals surface area (Å²) in [6.07, 6.45) is 1.64. The lowest BCUT2D eigenvalue weighted by Crippen LogP contribution is -2.21. The van der Waals surface area contributed by atoms with Crippen LogP contribution in [0.15, 0.2) is 36.5 Å². The van der Waals surface area contributed by atoms with E-state index in [1.165, 1.54) is 0 Å². The second-order valence-electron chi connectivity index (χ2n) is 4.81. The van der Waals surface area contributed by atoms with Gasteiger partial charge in [-0.25, -0.2) is 4.98 Å². The average molecular weight is 285 g/mol. The standard InChI is InChI=1S/C16H19N3O2/c1-11-4-3-5-12(2)16(11)21-10-15(20)19-14-7-6-13(8-17)9-18-14/h3-7,9H,8,10,17H2,1-2H3,(H,18,19,20). The summed E-state index contributed by atoms with van der Waals surface area (Å²) in [5, 5.41) is 2.69. The molecule has 2 rings (SSSR count). The Morgan fingerprint density at radius 2 is 1.95 bits per heavy atom. The minimum absolute atomic E-state index is 0.0496. The topological polar surface area (TPSA) is 77.2 Å². The highest BCUT2D eigenvalue weighted by Crippen LogP contribution is 2.22. The number of nitrogens with one attached hydrogen (secondary N) is 1. The zero-order valence-corrected chi connectivity index (χ0v) is 12.2. The maximum Gasteiger partial charge on any atom is 0.263 e. The van der Waals surface area contributed by atoms with Gasteiger partial charge in [0.2, 0.25) is 0 Å². The number of aryl methyl sites for hydroxylation is 2. The Labute approximate surface area is 124 Å². The Kier molecular flexibility index (Phi) is 4.90. The first kappa shape index (κ1) is 15.0. The Hall–Kier alpha value is -2.40. The van der Waals surface area contributed by atoms with E-state index in [1.54, 1.807) is 12.3 Å². The van der Waals surface area contributed by atoms with Crippen LogP contribution in [0.25, 0.3) is 0 Å². The van der Waals surface area contributed by atoms with Gasteiger partial charge in [-0.05, 0) is 36.6 Å². The first-order valence-corrected chi connectivity index (χ1v) is 6.74. The maximum absolute atomic E-state index is 11.9. The van der Waals surface area contributed by atoms with Crippen molar-refractivity contribution in [3.63, 3.8) is 0 Å². The lowest BCUT2D eigenvalue weighted by atomic mass is 10.1. The summed E-state index contributed by atoms with van der Waals surface area (Å²) in [7, 11) is 0. The van der Waals surface area contributed by atoms with Gasteiger partial charge in [0.05, 0.1) is 0 Å². The number of benzene rings is 1. The van der Waals surface area contributed by atoms with Crippen molar-refractivity contribution in [1.82, 2.24) is 4.98 Å². The normalized spacial score (nSPS) is 10.2. The SMILES string of the molecule is Cc1cccc(C)c1OCC(=O)Nc1ccc(CN)cn1. The largest absolute Gasteiger partial charge is 0.483 e. The van der Waals surface area contributed by atoms with Crippen molar-refractivity contribution in [3.05, 3.63) is 53.2 Å². The van der Waals surface area contributed by atoms with Gasteiger partial charge >= 0.3 is 0 Å². The quantitative estimate of drug-likeness (QED) is 0.882. The second kappa shape index (κ2) is 6.85. The van der Waals surface area contributed by atoms with Crippen LogP contribution >= 0.6 is 0 Å². The third-order valence-electron chi connectivity index (χ3n) is 3.08. The Morgan fingerprint density at radius 3 is 2.52 bits per heavy atom. The molecule has 0 fully saturated rings. The number of aromatic nitrogens is 1. The predicted molar refractivity (Wildman–Crippen MR) is 82.2 cm³/mol. The van der Waals surface area contributed by atoms with Crippen LogP contribution in [0.5, 0.6) is 5.75 Å². The molecular formula is C16H19N3O2. The Balaban J connectivity index is 1.92. The Bertz CT molecular complexity index is 604. The molecule has 1 aromatic carbocycles. The van der Waals surface area contributed by atoms with Crippen molar-refractivity contribution in [2.24, 2.45) is 5.73 Å². The van der Waals surface area contributed by atoms with E-state index in [0.717, 1.165) is 22.4 Å². The van der Waals surface area contributed by atoms with Gasteiger partial charge in [0.15, 0.2) is 6.61 Å². The first-order chi connectivity index (χ1) is 10.1. The van der Waals surface area contributed by atoms with Gasteiger partial charge in [0.25, 0.3) is 5.91 Å². The fraction of sp³-hybridized carbons (Fsp3) is 0.250. The van der Waals surface area contributed by atoms with Gasteiger partial charge in [0.1, 0.15) is 11.6 Å². The van der Waals surface area contributed by atoms with Crippen molar-refractivity contribution >= 4 is 11.7 Å². The van der Waals surface area contributed by atoms with Gasteiger partial charge in [-0.2, -0.15) is 0 Å². The number of para-hydroxylation sites is 1. The number of amides is 1. The van der Waals surface area contributed by atoms with Crippen LogP contribution in [0.2, 0.25) is 0 Å². The van der Waals surface area contributed by atoms with Crippen molar-refractivity contribution in [1.29, 1.82) is 0 Å². The number of ether oxygens (including phenoxy) is 1. The van der Waals surface area contributed by atoms with Crippen molar-refractivity contribution < 1.29 is 9.53 Å². The number of nitrogens with zero attached hydrogens (tertiary/aromatic N) is 1. The molecule has 0 bridgehead atoms. The highest BCUT2D eigenvalue weighted by atomic mass is 16.5. The molecular weight excluding hydrogens is 266 g/mol. The van der Waals surface area contributed by atoms with Crippen LogP contribution in [0, 0.1) is 13.8 Å². The van der Waals surface area contributed by atoms with Crippen molar-refractivity contribution in [2.75, 3.05) is 11.9 Å². The molecule has 1 amide bonds. The van der Waals surface area contributed by atoms with Crippen LogP contribution in [-0.2, 0) is 11.3 Å². The summed E-state index contributed by atoms with van der Waals surface area (Å²) in [6.45, 7) is 4.28. The smallest absolute Gasteiger partial charge is 0.263 e. The average Bonchev–Trinajstić information content (AvgIpc) is 2.47. The van der Waals surface area contributed by atoms with E-state index in [2.05, 4.69) is 10.3 Å². The highest BCUT2D eigenvalue weighted by molar-refractivity contribution is 5.90. The molecule has 0 radical (unpaired) electrons. The van der Waals surface area contributed by atoms with Gasteiger partial charge in [0, 0.05) is 12.7 Å². The van der Waals surface area contributed by atoms with Crippen LogP contribution in [-0.4, -0.2) is 17.5 Å². The molecule has 5 nitrogen and oxygen atoms in total. The van der Waals surface area contributed by atoms with E-state index in [1.807, 2.05) is 38.1 Å². The summed E-state index contributed by atoms with van der Waals surface area (Å²) in [5.41, 5.74) is 8.43. The van der Waals surface area contributed by atoms with Gasteiger partial charge in [-0.1, -0.05) is 24.3 Å². The van der Waals surface area contributed by atoms with E-state index < -0.39 is 0 Å². The number of carbonyl (C=O) groups is 1. The molecule has 0 saturated carbocycles. The first-order valence-electron chi connectivity index (χ1n) is 6.74. The summed E-state index contributed by atoms with van der Waals surface area (Å²) in [4.78, 5) is 16.0. The molecule has 0 spiro atoms. The molecule has 0 aliphatic heterocycles. The monoisotopic (exact) mass is 285 g/mol. The van der Waals surface area contributed by atoms with E-state index in [-0.39, 0.29) is 12.5 Å². The second-order valence-corrected chi connectivity index (χ2v) is 4.81. The fourth-order valence-electron chi connectivity index (χ4n) is 1.96. The van der Waals surface area contributed by atoms with Crippen LogP contribution < -0.4 is 15.8 Å². The number of hydrogen-bond donors (Lipinski definition) is 2. The van der Waals surface area contributed by atoms with Gasteiger partial charge in [-0.3, -0.25) is 4.79 Å². The molecule has 21 heavy (non-hydrogen) atoms. The minimum Gasteiger partial charge on any atom is -0.483 e. The number of nitrogens with two attached hydrogens (primary N) is 1. The number of hydrogen-bond acceptors (Lipinski definition) is 4.